The molecule has 3 aromatic rings. The molecule has 3 heterocycles. The molecular formula is C27H21F5N4O5. The number of methoxy groups -OCH3 is 1. The van der Waals surface area contributed by atoms with Crippen LogP contribution < -0.4 is 24.6 Å². The predicted molar refractivity (Wildman–Crippen MR) is 133 cm³/mol. The lowest BCUT2D eigenvalue weighted by molar-refractivity contribution is -0.122. The van der Waals surface area contributed by atoms with E-state index in [9.17, 15) is 27.6 Å². The number of carbonyl (C=O) groups excluding carboxylic acids is 3. The van der Waals surface area contributed by atoms with Gasteiger partial charge < -0.3 is 14.8 Å². The summed E-state index contributed by atoms with van der Waals surface area (Å²) in [5.41, 5.74) is -0.628. The van der Waals surface area contributed by atoms with Gasteiger partial charge in [-0.1, -0.05) is 0 Å². The van der Waals surface area contributed by atoms with Crippen LogP contribution in [0.15, 0.2) is 48.5 Å². The van der Waals surface area contributed by atoms with Crippen molar-refractivity contribution in [2.75, 3.05) is 30.0 Å². The van der Waals surface area contributed by atoms with Crippen molar-refractivity contribution in [3.63, 3.8) is 0 Å². The summed E-state index contributed by atoms with van der Waals surface area (Å²) in [7, 11) is 1.21. The number of nitrogens with one attached hydrogen (secondary N) is 1. The number of amides is 3. The number of benzene rings is 2. The fourth-order valence-electron chi connectivity index (χ4n) is 4.71. The van der Waals surface area contributed by atoms with Crippen LogP contribution in [-0.2, 0) is 9.59 Å². The standard InChI is InChI=1S/C27H21F5N4O5/c1-40-15-10-18(29)22(19(30)11-15)16-12-36(24-17(28)6-7-20(33-24)35-9-8-21(35)37)26(39)23(16)34-25(38)13-2-4-14(5-3-13)41-27(31)32/h2-7,10-11,16,23,27H,8-9,12H2,1H3,(H,34,38)/t16-,23-/m0/s1. The molecule has 1 N–H and O–H groups in total. The summed E-state index contributed by atoms with van der Waals surface area (Å²) in [4.78, 5) is 44.8. The molecular weight excluding hydrogens is 555 g/mol. The highest BCUT2D eigenvalue weighted by Gasteiger charge is 2.46. The van der Waals surface area contributed by atoms with E-state index < -0.39 is 65.8 Å². The van der Waals surface area contributed by atoms with E-state index in [0.29, 0.717) is 6.54 Å². The highest BCUT2D eigenvalue weighted by atomic mass is 19.3. The molecule has 0 aliphatic carbocycles. The summed E-state index contributed by atoms with van der Waals surface area (Å²) < 4.78 is 79.4. The normalized spacial score (nSPS) is 18.5. The molecule has 2 aromatic carbocycles. The molecule has 3 amide bonds. The maximum absolute atomic E-state index is 15.2. The van der Waals surface area contributed by atoms with Crippen molar-refractivity contribution < 1.29 is 45.8 Å². The first-order valence-corrected chi connectivity index (χ1v) is 12.2. The topological polar surface area (TPSA) is 101 Å². The molecule has 41 heavy (non-hydrogen) atoms. The molecule has 9 nitrogen and oxygen atoms in total. The second-order valence-electron chi connectivity index (χ2n) is 9.18. The average molecular weight is 576 g/mol. The third kappa shape index (κ3) is 5.36. The number of ether oxygens (including phenoxy) is 2. The van der Waals surface area contributed by atoms with E-state index in [1.54, 1.807) is 0 Å². The maximum atomic E-state index is 15.2. The van der Waals surface area contributed by atoms with Crippen molar-refractivity contribution >= 4 is 29.4 Å². The van der Waals surface area contributed by atoms with E-state index in [1.807, 2.05) is 0 Å². The van der Waals surface area contributed by atoms with Crippen LogP contribution in [0.4, 0.5) is 33.6 Å². The zero-order valence-corrected chi connectivity index (χ0v) is 21.2. The largest absolute Gasteiger partial charge is 0.497 e. The van der Waals surface area contributed by atoms with Crippen molar-refractivity contribution in [3.05, 3.63) is 77.1 Å². The Bertz CT molecular complexity index is 1500. The number of alkyl halides is 2. The lowest BCUT2D eigenvalue weighted by atomic mass is 9.92. The minimum atomic E-state index is -3.08. The van der Waals surface area contributed by atoms with Crippen LogP contribution in [0.3, 0.4) is 0 Å². The van der Waals surface area contributed by atoms with Crippen LogP contribution in [0, 0.1) is 17.5 Å². The monoisotopic (exact) mass is 576 g/mol. The van der Waals surface area contributed by atoms with Crippen molar-refractivity contribution in [1.29, 1.82) is 0 Å². The van der Waals surface area contributed by atoms with Crippen LogP contribution in [0.5, 0.6) is 11.5 Å². The molecule has 2 saturated heterocycles. The number of carbonyl (C=O) groups is 3. The lowest BCUT2D eigenvalue weighted by Crippen LogP contribution is -2.45. The van der Waals surface area contributed by atoms with Gasteiger partial charge in [0.25, 0.3) is 11.8 Å². The Kier molecular flexibility index (Phi) is 7.47. The van der Waals surface area contributed by atoms with Crippen molar-refractivity contribution in [1.82, 2.24) is 10.3 Å². The first kappa shape index (κ1) is 27.8. The van der Waals surface area contributed by atoms with E-state index in [4.69, 9.17) is 4.74 Å². The van der Waals surface area contributed by atoms with E-state index in [0.717, 1.165) is 47.4 Å². The predicted octanol–water partition coefficient (Wildman–Crippen LogP) is 3.77. The number of β-lactam (4-membered cyclic amide) rings is 1. The maximum Gasteiger partial charge on any atom is 0.387 e. The minimum absolute atomic E-state index is 0.0742. The van der Waals surface area contributed by atoms with Crippen LogP contribution in [0.2, 0.25) is 0 Å². The molecule has 2 fully saturated rings. The number of hydrogen-bond donors (Lipinski definition) is 1. The Morgan fingerprint density at radius 3 is 2.22 bits per heavy atom. The number of hydrogen-bond acceptors (Lipinski definition) is 6. The van der Waals surface area contributed by atoms with E-state index in [1.165, 1.54) is 18.1 Å². The Hall–Kier alpha value is -4.75. The van der Waals surface area contributed by atoms with E-state index in [2.05, 4.69) is 15.0 Å². The second-order valence-corrected chi connectivity index (χ2v) is 9.18. The van der Waals surface area contributed by atoms with Gasteiger partial charge >= 0.3 is 6.61 Å². The highest BCUT2D eigenvalue weighted by molar-refractivity contribution is 6.05. The first-order chi connectivity index (χ1) is 19.6. The van der Waals surface area contributed by atoms with Gasteiger partial charge in [0, 0.05) is 48.7 Å². The minimum Gasteiger partial charge on any atom is -0.497 e. The molecule has 0 saturated carbocycles. The molecule has 2 aliphatic heterocycles. The summed E-state index contributed by atoms with van der Waals surface area (Å²) in [6.45, 7) is -3.22. The van der Waals surface area contributed by atoms with Crippen molar-refractivity contribution in [3.8, 4) is 11.5 Å². The van der Waals surface area contributed by atoms with Crippen LogP contribution in [-0.4, -0.2) is 55.6 Å². The molecule has 2 aliphatic rings. The fraction of sp³-hybridized carbons (Fsp3) is 0.259. The molecule has 0 spiro atoms. The van der Waals surface area contributed by atoms with Gasteiger partial charge in [-0.2, -0.15) is 8.78 Å². The van der Waals surface area contributed by atoms with Gasteiger partial charge in [0.15, 0.2) is 11.6 Å². The smallest absolute Gasteiger partial charge is 0.387 e. The number of rotatable bonds is 8. The Balaban J connectivity index is 1.50. The zero-order chi connectivity index (χ0) is 29.4. The van der Waals surface area contributed by atoms with Gasteiger partial charge in [0.2, 0.25) is 5.91 Å². The number of pyridine rings is 1. The Morgan fingerprint density at radius 2 is 1.66 bits per heavy atom. The summed E-state index contributed by atoms with van der Waals surface area (Å²) in [6.07, 6.45) is 0.276. The highest BCUT2D eigenvalue weighted by Crippen LogP contribution is 2.37. The molecule has 1 aromatic heterocycles. The summed E-state index contributed by atoms with van der Waals surface area (Å²) in [6, 6.07) is 7.00. The Morgan fingerprint density at radius 1 is 0.976 bits per heavy atom. The molecule has 0 radical (unpaired) electrons. The van der Waals surface area contributed by atoms with Gasteiger partial charge in [-0.3, -0.25) is 24.2 Å². The van der Waals surface area contributed by atoms with Crippen LogP contribution in [0.1, 0.15) is 28.3 Å². The zero-order valence-electron chi connectivity index (χ0n) is 21.2. The van der Waals surface area contributed by atoms with E-state index >= 15 is 8.78 Å². The fourth-order valence-corrected chi connectivity index (χ4v) is 4.71. The quantitative estimate of drug-likeness (QED) is 0.324. The van der Waals surface area contributed by atoms with Gasteiger partial charge in [-0.25, -0.2) is 18.2 Å². The summed E-state index contributed by atoms with van der Waals surface area (Å²) >= 11 is 0. The SMILES string of the molecule is COc1cc(F)c([C@@H]2CN(c3nc(N4CCC4=O)ccc3F)C(=O)[C@H]2NC(=O)c2ccc(OC(F)F)cc2)c(F)c1. The van der Waals surface area contributed by atoms with Gasteiger partial charge in [-0.05, 0) is 36.4 Å². The molecule has 0 unspecified atom stereocenters. The summed E-state index contributed by atoms with van der Waals surface area (Å²) in [5, 5.41) is 2.42. The van der Waals surface area contributed by atoms with E-state index in [-0.39, 0.29) is 35.2 Å². The first-order valence-electron chi connectivity index (χ1n) is 12.2. The lowest BCUT2D eigenvalue weighted by Gasteiger charge is -2.30. The molecule has 2 atom stereocenters. The second kappa shape index (κ2) is 11.0. The Labute approximate surface area is 229 Å². The third-order valence-corrected chi connectivity index (χ3v) is 6.80. The number of nitrogens with zero attached hydrogens (tertiary/aromatic N) is 3. The average Bonchev–Trinajstić information content (AvgIpc) is 3.23. The van der Waals surface area contributed by atoms with Gasteiger partial charge in [-0.15, -0.1) is 0 Å². The number of aromatic nitrogens is 1. The molecule has 0 bridgehead atoms. The third-order valence-electron chi connectivity index (χ3n) is 6.80. The van der Waals surface area contributed by atoms with Crippen LogP contribution in [0.25, 0.3) is 0 Å². The van der Waals surface area contributed by atoms with Crippen molar-refractivity contribution in [2.24, 2.45) is 0 Å². The number of halogens is 5. The van der Waals surface area contributed by atoms with Crippen molar-refractivity contribution in [2.45, 2.75) is 25.0 Å². The van der Waals surface area contributed by atoms with Gasteiger partial charge in [0.1, 0.15) is 35.0 Å². The van der Waals surface area contributed by atoms with Gasteiger partial charge in [0.05, 0.1) is 7.11 Å². The van der Waals surface area contributed by atoms with Crippen LogP contribution >= 0.6 is 0 Å². The molecule has 5 rings (SSSR count). The molecule has 214 valence electrons. The molecule has 14 heteroatoms. The number of anilines is 2. The summed E-state index contributed by atoms with van der Waals surface area (Å²) in [5.74, 6) is -7.23.